The van der Waals surface area contributed by atoms with Crippen molar-refractivity contribution in [2.45, 2.75) is 16.7 Å². The van der Waals surface area contributed by atoms with Crippen LogP contribution in [0.2, 0.25) is 0 Å². The van der Waals surface area contributed by atoms with E-state index in [0.29, 0.717) is 39.1 Å². The summed E-state index contributed by atoms with van der Waals surface area (Å²) in [7, 11) is -9.34. The Labute approximate surface area is 312 Å². The van der Waals surface area contributed by atoms with Gasteiger partial charge < -0.3 is 27.0 Å². The fourth-order valence-corrected chi connectivity index (χ4v) is 6.50. The number of nitrogens with zero attached hydrogens (tertiary/aromatic N) is 6. The molecular formula is C35H29N9O9S2. The number of aliphatic carboxylic acids is 1. The molecule has 0 amide bonds. The van der Waals surface area contributed by atoms with Gasteiger partial charge in [0.1, 0.15) is 22.8 Å². The van der Waals surface area contributed by atoms with Gasteiger partial charge in [-0.05, 0) is 96.7 Å². The lowest BCUT2D eigenvalue weighted by Gasteiger charge is -2.10. The first-order valence-electron chi connectivity index (χ1n) is 15.8. The summed E-state index contributed by atoms with van der Waals surface area (Å²) >= 11 is 0. The molecule has 0 fully saturated rings. The molecule has 0 heterocycles. The molecular weight excluding hydrogens is 755 g/mol. The second-order valence-electron chi connectivity index (χ2n) is 11.9. The van der Waals surface area contributed by atoms with Crippen molar-refractivity contribution in [3.8, 4) is 5.75 Å². The second kappa shape index (κ2) is 14.9. The number of aromatic hydroxyl groups is 1. The second-order valence-corrected chi connectivity index (χ2v) is 14.7. The van der Waals surface area contributed by atoms with E-state index in [2.05, 4.69) is 36.0 Å². The molecule has 0 aliphatic heterocycles. The highest BCUT2D eigenvalue weighted by molar-refractivity contribution is 7.86. The Morgan fingerprint density at radius 2 is 1.29 bits per heavy atom. The van der Waals surface area contributed by atoms with Crippen molar-refractivity contribution in [3.63, 3.8) is 0 Å². The number of benzene rings is 6. The molecule has 0 saturated heterocycles. The number of phenols is 1. The minimum atomic E-state index is -4.88. The Kier molecular flexibility index (Phi) is 10.2. The minimum Gasteiger partial charge on any atom is -0.505 e. The molecule has 0 aromatic heterocycles. The molecule has 0 saturated carbocycles. The third kappa shape index (κ3) is 8.52. The van der Waals surface area contributed by atoms with Crippen LogP contribution in [-0.2, 0) is 25.0 Å². The molecule has 0 aliphatic carbocycles. The normalized spacial score (nSPS) is 12.4. The monoisotopic (exact) mass is 783 g/mol. The van der Waals surface area contributed by atoms with Crippen molar-refractivity contribution in [3.05, 3.63) is 96.6 Å². The maximum Gasteiger partial charge on any atom is 0.322 e. The number of fused-ring (bicyclic) bond motifs is 2. The van der Waals surface area contributed by atoms with E-state index in [4.69, 9.17) is 16.6 Å². The van der Waals surface area contributed by atoms with Crippen molar-refractivity contribution in [1.29, 1.82) is 0 Å². The Morgan fingerprint density at radius 3 is 1.95 bits per heavy atom. The predicted octanol–water partition coefficient (Wildman–Crippen LogP) is 8.41. The van der Waals surface area contributed by atoms with E-state index in [1.807, 2.05) is 0 Å². The van der Waals surface area contributed by atoms with E-state index in [1.54, 1.807) is 19.1 Å². The van der Waals surface area contributed by atoms with Gasteiger partial charge in [-0.15, -0.1) is 15.3 Å². The number of phenolic OH excluding ortho intramolecular Hbond substituents is 1. The Morgan fingerprint density at radius 1 is 0.655 bits per heavy atom. The number of azo groups is 3. The zero-order chi connectivity index (χ0) is 39.7. The van der Waals surface area contributed by atoms with Crippen LogP contribution in [0.25, 0.3) is 21.5 Å². The van der Waals surface area contributed by atoms with Gasteiger partial charge in [0, 0.05) is 27.5 Å². The van der Waals surface area contributed by atoms with Gasteiger partial charge in [-0.2, -0.15) is 32.2 Å². The SMILES string of the molecule is Cc1cc(N=Nc2ccc3cc(S(=O)(=O)O)c(N=Nc4ccc(N=Nc5ccc(N)c6cc(S(=O)(=O)O)ccc56)cc4)c(O)c3c2)c(N)cc1NCC(=O)O. The lowest BCUT2D eigenvalue weighted by Crippen LogP contribution is -2.13. The molecule has 0 aliphatic rings. The third-order valence-corrected chi connectivity index (χ3v) is 9.79. The average molecular weight is 784 g/mol. The summed E-state index contributed by atoms with van der Waals surface area (Å²) in [4.78, 5) is 9.89. The number of aryl methyl sites for hydroxylation is 1. The fraction of sp³-hybridized carbons (Fsp3) is 0.0571. The number of nitrogens with one attached hydrogen (secondary N) is 1. The molecule has 280 valence electrons. The van der Waals surface area contributed by atoms with Crippen LogP contribution in [0.15, 0.2) is 131 Å². The van der Waals surface area contributed by atoms with Gasteiger partial charge in [-0.3, -0.25) is 13.9 Å². The Balaban J connectivity index is 1.26. The number of hydrogen-bond donors (Lipinski definition) is 7. The molecule has 0 bridgehead atoms. The standard InChI is InChI=1S/C35H29N9O9S2/c1-18-12-31(28(37)16-30(18)38-17-33(45)46)43-41-22-3-2-19-13-32(55(51,52)53)34(35(47)25(19)14-22)44-40-21-6-4-20(5-7-21)39-42-29-11-10-27(36)26-15-23(54(48,49)50)8-9-24(26)29/h2-16,38,47H,17,36-37H2,1H3,(H,45,46)(H,48,49,50)(H,51,52,53). The van der Waals surface area contributed by atoms with Crippen LogP contribution in [0.3, 0.4) is 0 Å². The number of nitrogen functional groups attached to an aromatic ring is 2. The summed E-state index contributed by atoms with van der Waals surface area (Å²) < 4.78 is 67.2. The molecule has 55 heavy (non-hydrogen) atoms. The van der Waals surface area contributed by atoms with Crippen LogP contribution < -0.4 is 16.8 Å². The van der Waals surface area contributed by atoms with Gasteiger partial charge in [-0.25, -0.2) is 0 Å². The van der Waals surface area contributed by atoms with Gasteiger partial charge >= 0.3 is 5.97 Å². The molecule has 9 N–H and O–H groups in total. The number of hydrogen-bond acceptors (Lipinski definition) is 15. The maximum atomic E-state index is 12.3. The number of anilines is 3. The van der Waals surface area contributed by atoms with Crippen LogP contribution in [-0.4, -0.2) is 48.7 Å². The van der Waals surface area contributed by atoms with Crippen LogP contribution in [0.5, 0.6) is 5.75 Å². The maximum absolute atomic E-state index is 12.3. The van der Waals surface area contributed by atoms with Gasteiger partial charge in [-0.1, -0.05) is 12.1 Å². The number of carboxylic acids is 1. The number of rotatable bonds is 11. The highest BCUT2D eigenvalue weighted by Gasteiger charge is 2.22. The molecule has 0 radical (unpaired) electrons. The summed E-state index contributed by atoms with van der Waals surface area (Å²) in [6, 6.07) is 21.7. The largest absolute Gasteiger partial charge is 0.505 e. The molecule has 0 unspecified atom stereocenters. The summed E-state index contributed by atoms with van der Waals surface area (Å²) in [6.07, 6.45) is 0. The van der Waals surface area contributed by atoms with Crippen LogP contribution in [0.1, 0.15) is 5.56 Å². The summed E-state index contributed by atoms with van der Waals surface area (Å²) in [5, 5.41) is 48.9. The van der Waals surface area contributed by atoms with Crippen molar-refractivity contribution in [2.24, 2.45) is 30.7 Å². The van der Waals surface area contributed by atoms with Crippen molar-refractivity contribution in [1.82, 2.24) is 0 Å². The van der Waals surface area contributed by atoms with Crippen LogP contribution >= 0.6 is 0 Å². The van der Waals surface area contributed by atoms with Crippen molar-refractivity contribution >= 4 is 98.9 Å². The third-order valence-electron chi connectivity index (χ3n) is 8.08. The summed E-state index contributed by atoms with van der Waals surface area (Å²) in [5.74, 6) is -1.65. The molecule has 6 aromatic carbocycles. The molecule has 0 atom stereocenters. The first-order valence-corrected chi connectivity index (χ1v) is 18.6. The summed E-state index contributed by atoms with van der Waals surface area (Å²) in [6.45, 7) is 1.43. The van der Waals surface area contributed by atoms with E-state index in [0.717, 1.165) is 6.07 Å². The molecule has 18 nitrogen and oxygen atoms in total. The van der Waals surface area contributed by atoms with Gasteiger partial charge in [0.2, 0.25) is 0 Å². The molecule has 6 aromatic rings. The van der Waals surface area contributed by atoms with Crippen LogP contribution in [0.4, 0.5) is 51.2 Å². The first-order chi connectivity index (χ1) is 26.0. The highest BCUT2D eigenvalue weighted by Crippen LogP contribution is 2.43. The molecule has 0 spiro atoms. The Bertz CT molecular complexity index is 2850. The van der Waals surface area contributed by atoms with Crippen molar-refractivity contribution in [2.75, 3.05) is 23.3 Å². The first kappa shape index (κ1) is 37.9. The number of carbonyl (C=O) groups is 1. The highest BCUT2D eigenvalue weighted by atomic mass is 32.2. The van der Waals surface area contributed by atoms with E-state index in [-0.39, 0.29) is 45.0 Å². The fourth-order valence-electron chi connectivity index (χ4n) is 5.34. The predicted molar refractivity (Wildman–Crippen MR) is 204 cm³/mol. The van der Waals surface area contributed by atoms with Crippen molar-refractivity contribution < 1.29 is 40.9 Å². The van der Waals surface area contributed by atoms with Crippen LogP contribution in [0, 0.1) is 6.92 Å². The molecule has 6 rings (SSSR count). The van der Waals surface area contributed by atoms with E-state index < -0.39 is 42.5 Å². The van der Waals surface area contributed by atoms with E-state index in [1.165, 1.54) is 72.8 Å². The Hall–Kier alpha value is -6.87. The smallest absolute Gasteiger partial charge is 0.322 e. The van der Waals surface area contributed by atoms with E-state index >= 15 is 0 Å². The quantitative estimate of drug-likeness (QED) is 0.0370. The average Bonchev–Trinajstić information content (AvgIpc) is 3.13. The van der Waals surface area contributed by atoms with E-state index in [9.17, 15) is 35.8 Å². The zero-order valence-electron chi connectivity index (χ0n) is 28.4. The number of carboxylic acid groups (broad SMARTS) is 1. The minimum absolute atomic E-state index is 0.121. The van der Waals surface area contributed by atoms with Gasteiger partial charge in [0.15, 0.2) is 5.75 Å². The zero-order valence-corrected chi connectivity index (χ0v) is 30.0. The van der Waals surface area contributed by atoms with Gasteiger partial charge in [0.25, 0.3) is 20.2 Å². The topological polar surface area (TPSA) is 304 Å². The lowest BCUT2D eigenvalue weighted by atomic mass is 10.1. The summed E-state index contributed by atoms with van der Waals surface area (Å²) in [5.41, 5.74) is 14.7. The molecule has 20 heteroatoms. The van der Waals surface area contributed by atoms with Gasteiger partial charge in [0.05, 0.1) is 33.3 Å². The lowest BCUT2D eigenvalue weighted by molar-refractivity contribution is -0.134. The number of nitrogens with two attached hydrogens (primary N) is 2.